The molecule has 0 aliphatic carbocycles. The van der Waals surface area contributed by atoms with E-state index in [9.17, 15) is 4.39 Å². The van der Waals surface area contributed by atoms with Gasteiger partial charge in [0.15, 0.2) is 16.7 Å². The molecule has 1 heterocycles. The predicted octanol–water partition coefficient (Wildman–Crippen LogP) is 4.11. The Morgan fingerprint density at radius 3 is 2.62 bits per heavy atom. The Balaban J connectivity index is 1.90. The molecule has 0 spiro atoms. The van der Waals surface area contributed by atoms with E-state index in [4.69, 9.17) is 10.5 Å². The second-order valence-electron chi connectivity index (χ2n) is 4.45. The highest BCUT2D eigenvalue weighted by atomic mass is 32.1. The smallest absolute Gasteiger partial charge is 0.180 e. The van der Waals surface area contributed by atoms with E-state index in [2.05, 4.69) is 4.98 Å². The van der Waals surface area contributed by atoms with Crippen LogP contribution in [-0.2, 0) is 6.61 Å². The van der Waals surface area contributed by atoms with Crippen molar-refractivity contribution in [2.45, 2.75) is 6.61 Å². The van der Waals surface area contributed by atoms with Gasteiger partial charge in [0.05, 0.1) is 4.88 Å². The molecule has 21 heavy (non-hydrogen) atoms. The number of aromatic nitrogens is 1. The summed E-state index contributed by atoms with van der Waals surface area (Å²) in [5.41, 5.74) is 7.29. The van der Waals surface area contributed by atoms with Crippen molar-refractivity contribution >= 4 is 16.5 Å². The van der Waals surface area contributed by atoms with E-state index < -0.39 is 5.82 Å². The van der Waals surface area contributed by atoms with E-state index in [-0.39, 0.29) is 5.75 Å². The largest absolute Gasteiger partial charge is 0.485 e. The van der Waals surface area contributed by atoms with E-state index in [1.807, 2.05) is 30.3 Å². The van der Waals surface area contributed by atoms with Crippen molar-refractivity contribution in [1.82, 2.24) is 4.98 Å². The molecule has 0 aliphatic heterocycles. The minimum Gasteiger partial charge on any atom is -0.485 e. The maximum absolute atomic E-state index is 14.1. The fourth-order valence-electron chi connectivity index (χ4n) is 1.99. The second kappa shape index (κ2) is 5.93. The quantitative estimate of drug-likeness (QED) is 0.788. The van der Waals surface area contributed by atoms with Gasteiger partial charge in [0, 0.05) is 11.8 Å². The van der Waals surface area contributed by atoms with E-state index in [1.165, 1.54) is 17.4 Å². The van der Waals surface area contributed by atoms with Crippen LogP contribution < -0.4 is 10.5 Å². The average molecular weight is 300 g/mol. The Morgan fingerprint density at radius 1 is 1.10 bits per heavy atom. The van der Waals surface area contributed by atoms with Crippen molar-refractivity contribution < 1.29 is 9.13 Å². The summed E-state index contributed by atoms with van der Waals surface area (Å²) in [6, 6.07) is 14.5. The van der Waals surface area contributed by atoms with Crippen LogP contribution >= 0.6 is 11.3 Å². The minimum absolute atomic E-state index is 0.227. The van der Waals surface area contributed by atoms with Crippen molar-refractivity contribution in [3.63, 3.8) is 0 Å². The van der Waals surface area contributed by atoms with Crippen LogP contribution in [0.4, 0.5) is 9.52 Å². The number of anilines is 1. The van der Waals surface area contributed by atoms with Crippen LogP contribution in [0.3, 0.4) is 0 Å². The van der Waals surface area contributed by atoms with Crippen molar-refractivity contribution in [3.8, 4) is 16.2 Å². The summed E-state index contributed by atoms with van der Waals surface area (Å²) in [7, 11) is 0. The minimum atomic E-state index is -0.393. The number of nitrogens with two attached hydrogens (primary N) is 1. The monoisotopic (exact) mass is 300 g/mol. The Morgan fingerprint density at radius 2 is 1.90 bits per heavy atom. The summed E-state index contributed by atoms with van der Waals surface area (Å²) in [5.74, 6) is -0.166. The summed E-state index contributed by atoms with van der Waals surface area (Å²) in [6.45, 7) is 0.309. The number of thiazole rings is 1. The van der Waals surface area contributed by atoms with Crippen LogP contribution in [0.2, 0.25) is 0 Å². The Hall–Kier alpha value is -2.40. The van der Waals surface area contributed by atoms with Gasteiger partial charge in [-0.05, 0) is 17.7 Å². The number of halogens is 1. The number of ether oxygens (including phenoxy) is 1. The molecular weight excluding hydrogens is 287 g/mol. The molecule has 0 unspecified atom stereocenters. The third kappa shape index (κ3) is 3.03. The molecule has 0 saturated heterocycles. The molecule has 1 aromatic heterocycles. The van der Waals surface area contributed by atoms with Gasteiger partial charge in [-0.15, -0.1) is 0 Å². The summed E-state index contributed by atoms with van der Waals surface area (Å²) in [5, 5.41) is 0.447. The van der Waals surface area contributed by atoms with Crippen molar-refractivity contribution in [1.29, 1.82) is 0 Å². The summed E-state index contributed by atoms with van der Waals surface area (Å²) in [4.78, 5) is 4.79. The van der Waals surface area contributed by atoms with Gasteiger partial charge in [-0.3, -0.25) is 0 Å². The number of hydrogen-bond donors (Lipinski definition) is 1. The van der Waals surface area contributed by atoms with Gasteiger partial charge in [-0.25, -0.2) is 9.37 Å². The molecule has 0 radical (unpaired) electrons. The molecule has 0 bridgehead atoms. The first kappa shape index (κ1) is 13.6. The molecule has 5 heteroatoms. The van der Waals surface area contributed by atoms with E-state index >= 15 is 0 Å². The number of nitrogen functional groups attached to an aromatic ring is 1. The number of nitrogens with zero attached hydrogens (tertiary/aromatic N) is 1. The highest BCUT2D eigenvalue weighted by Gasteiger charge is 2.14. The van der Waals surface area contributed by atoms with Crippen molar-refractivity contribution in [2.75, 3.05) is 5.73 Å². The molecule has 2 N–H and O–H groups in total. The molecule has 0 saturated carbocycles. The molecule has 3 nitrogen and oxygen atoms in total. The van der Waals surface area contributed by atoms with E-state index in [0.29, 0.717) is 17.3 Å². The predicted molar refractivity (Wildman–Crippen MR) is 82.7 cm³/mol. The average Bonchev–Trinajstić information content (AvgIpc) is 2.93. The molecule has 0 fully saturated rings. The number of hydrogen-bond acceptors (Lipinski definition) is 4. The van der Waals surface area contributed by atoms with Gasteiger partial charge in [-0.1, -0.05) is 47.7 Å². The normalized spacial score (nSPS) is 10.5. The lowest BCUT2D eigenvalue weighted by Crippen LogP contribution is -1.98. The van der Waals surface area contributed by atoms with Gasteiger partial charge in [0.2, 0.25) is 0 Å². The van der Waals surface area contributed by atoms with Gasteiger partial charge < -0.3 is 10.5 Å². The van der Waals surface area contributed by atoms with Gasteiger partial charge >= 0.3 is 0 Å². The maximum Gasteiger partial charge on any atom is 0.180 e. The van der Waals surface area contributed by atoms with Crippen LogP contribution in [0.5, 0.6) is 5.75 Å². The molecular formula is C16H13FN2OS. The van der Waals surface area contributed by atoms with Gasteiger partial charge in [0.25, 0.3) is 0 Å². The molecule has 0 atom stereocenters. The zero-order chi connectivity index (χ0) is 14.7. The molecule has 2 aromatic carbocycles. The Bertz CT molecular complexity index is 743. The highest BCUT2D eigenvalue weighted by Crippen LogP contribution is 2.36. The Kier molecular flexibility index (Phi) is 3.83. The molecule has 0 amide bonds. The number of para-hydroxylation sites is 1. The van der Waals surface area contributed by atoms with Crippen LogP contribution in [0.1, 0.15) is 5.56 Å². The summed E-state index contributed by atoms with van der Waals surface area (Å²) < 4.78 is 19.8. The number of benzene rings is 2. The fourth-order valence-corrected chi connectivity index (χ4v) is 2.70. The zero-order valence-corrected chi connectivity index (χ0v) is 11.9. The summed E-state index contributed by atoms with van der Waals surface area (Å²) in [6.07, 6.45) is 1.63. The third-order valence-electron chi connectivity index (χ3n) is 2.98. The third-order valence-corrected chi connectivity index (χ3v) is 3.84. The molecule has 106 valence electrons. The lowest BCUT2D eigenvalue weighted by atomic mass is 10.1. The van der Waals surface area contributed by atoms with Crippen LogP contribution in [0.25, 0.3) is 10.4 Å². The lowest BCUT2D eigenvalue weighted by molar-refractivity contribution is 0.292. The lowest BCUT2D eigenvalue weighted by Gasteiger charge is -2.11. The molecule has 3 rings (SSSR count). The number of rotatable bonds is 4. The first-order valence-electron chi connectivity index (χ1n) is 6.41. The fraction of sp³-hybridized carbons (Fsp3) is 0.0625. The molecule has 3 aromatic rings. The van der Waals surface area contributed by atoms with Crippen molar-refractivity contribution in [3.05, 3.63) is 66.1 Å². The summed E-state index contributed by atoms with van der Waals surface area (Å²) >= 11 is 1.31. The Labute approximate surface area is 125 Å². The van der Waals surface area contributed by atoms with Crippen LogP contribution in [0, 0.1) is 5.82 Å². The van der Waals surface area contributed by atoms with Gasteiger partial charge in [0.1, 0.15) is 6.61 Å². The maximum atomic E-state index is 14.1. The SMILES string of the molecule is Nc1ncc(-c2cccc(F)c2OCc2ccccc2)s1. The first-order chi connectivity index (χ1) is 10.2. The first-order valence-corrected chi connectivity index (χ1v) is 7.22. The molecule has 0 aliphatic rings. The van der Waals surface area contributed by atoms with Crippen LogP contribution in [0.15, 0.2) is 54.7 Å². The van der Waals surface area contributed by atoms with E-state index in [0.717, 1.165) is 10.4 Å². The standard InChI is InChI=1S/C16H13FN2OS/c17-13-8-4-7-12(14-9-19-16(18)21-14)15(13)20-10-11-5-2-1-3-6-11/h1-9H,10H2,(H2,18,19). The van der Waals surface area contributed by atoms with E-state index in [1.54, 1.807) is 18.3 Å². The van der Waals surface area contributed by atoms with Gasteiger partial charge in [-0.2, -0.15) is 0 Å². The van der Waals surface area contributed by atoms with Crippen LogP contribution in [-0.4, -0.2) is 4.98 Å². The second-order valence-corrected chi connectivity index (χ2v) is 5.52. The van der Waals surface area contributed by atoms with Crippen molar-refractivity contribution in [2.24, 2.45) is 0 Å². The topological polar surface area (TPSA) is 48.1 Å². The highest BCUT2D eigenvalue weighted by molar-refractivity contribution is 7.18. The zero-order valence-electron chi connectivity index (χ0n) is 11.1.